The van der Waals surface area contributed by atoms with Crippen molar-refractivity contribution in [2.24, 2.45) is 16.4 Å². The maximum absolute atomic E-state index is 4.91. The fraction of sp³-hybridized carbons (Fsp3) is 0.833. The Hall–Kier alpha value is -0.530. The van der Waals surface area contributed by atoms with Crippen molar-refractivity contribution < 1.29 is 0 Å². The van der Waals surface area contributed by atoms with Gasteiger partial charge in [0.05, 0.1) is 0 Å². The molecule has 0 heterocycles. The van der Waals surface area contributed by atoms with Gasteiger partial charge in [-0.05, 0) is 11.8 Å². The summed E-state index contributed by atoms with van der Waals surface area (Å²) in [4.78, 5) is 0. The molecule has 2 N–H and O–H groups in total. The molecule has 2 heteroatoms. The Balaban J connectivity index is 3.39. The van der Waals surface area contributed by atoms with Crippen LogP contribution in [-0.4, -0.2) is 6.21 Å². The molecule has 0 bridgehead atoms. The average Bonchev–Trinajstić information content (AvgIpc) is 1.59. The highest BCUT2D eigenvalue weighted by Crippen LogP contribution is 2.15. The van der Waals surface area contributed by atoms with E-state index in [9.17, 15) is 0 Å². The number of hydrogen-bond acceptors (Lipinski definition) is 2. The molecule has 48 valence electrons. The monoisotopic (exact) mass is 114 g/mol. The van der Waals surface area contributed by atoms with Crippen LogP contribution in [0.25, 0.3) is 0 Å². The fourth-order valence-corrected chi connectivity index (χ4v) is 0.327. The van der Waals surface area contributed by atoms with E-state index in [-0.39, 0.29) is 0 Å². The zero-order valence-electron chi connectivity index (χ0n) is 5.81. The summed E-state index contributed by atoms with van der Waals surface area (Å²) in [6.07, 6.45) is 2.68. The lowest BCUT2D eigenvalue weighted by Crippen LogP contribution is -2.05. The molecule has 0 saturated heterocycles. The summed E-state index contributed by atoms with van der Waals surface area (Å²) in [5.41, 5.74) is 0.322. The van der Waals surface area contributed by atoms with Gasteiger partial charge in [0, 0.05) is 6.21 Å². The molecule has 8 heavy (non-hydrogen) atoms. The number of nitrogens with two attached hydrogens (primary N) is 1. The molecule has 0 aromatic rings. The third kappa shape index (κ3) is 5.47. The Kier molecular flexibility index (Phi) is 2.52. The zero-order chi connectivity index (χ0) is 6.62. The van der Waals surface area contributed by atoms with E-state index in [4.69, 9.17) is 5.84 Å². The van der Waals surface area contributed by atoms with Crippen LogP contribution in [0, 0.1) is 5.41 Å². The summed E-state index contributed by atoms with van der Waals surface area (Å²) in [7, 11) is 0. The summed E-state index contributed by atoms with van der Waals surface area (Å²) in [5, 5.41) is 3.40. The van der Waals surface area contributed by atoms with Crippen molar-refractivity contribution in [2.75, 3.05) is 0 Å². The van der Waals surface area contributed by atoms with E-state index >= 15 is 0 Å². The number of hydrazone groups is 1. The molecule has 0 rings (SSSR count). The van der Waals surface area contributed by atoms with Crippen molar-refractivity contribution in [3.63, 3.8) is 0 Å². The van der Waals surface area contributed by atoms with Gasteiger partial charge in [-0.15, -0.1) is 0 Å². The fourth-order valence-electron chi connectivity index (χ4n) is 0.327. The first-order chi connectivity index (χ1) is 3.56. The first-order valence-electron chi connectivity index (χ1n) is 2.78. The van der Waals surface area contributed by atoms with Crippen LogP contribution >= 0.6 is 0 Å². The van der Waals surface area contributed by atoms with Crippen LogP contribution in [0.3, 0.4) is 0 Å². The maximum Gasteiger partial charge on any atom is 0.0245 e. The van der Waals surface area contributed by atoms with Gasteiger partial charge in [0.2, 0.25) is 0 Å². The van der Waals surface area contributed by atoms with Crippen LogP contribution in [0.4, 0.5) is 0 Å². The van der Waals surface area contributed by atoms with Crippen LogP contribution in [-0.2, 0) is 0 Å². The van der Waals surface area contributed by atoms with Crippen molar-refractivity contribution in [3.05, 3.63) is 0 Å². The predicted molar refractivity (Wildman–Crippen MR) is 36.8 cm³/mol. The lowest BCUT2D eigenvalue weighted by atomic mass is 9.93. The zero-order valence-corrected chi connectivity index (χ0v) is 5.81. The average molecular weight is 114 g/mol. The molecule has 0 aromatic carbocycles. The van der Waals surface area contributed by atoms with Gasteiger partial charge in [-0.25, -0.2) is 0 Å². The minimum Gasteiger partial charge on any atom is -0.324 e. The quantitative estimate of drug-likeness (QED) is 0.312. The molecule has 0 unspecified atom stereocenters. The van der Waals surface area contributed by atoms with Crippen LogP contribution in [0.2, 0.25) is 0 Å². The molecule has 0 radical (unpaired) electrons. The Bertz CT molecular complexity index is 79.0. The maximum atomic E-state index is 4.91. The molecule has 0 fully saturated rings. The Morgan fingerprint density at radius 3 is 2.12 bits per heavy atom. The Labute approximate surface area is 50.8 Å². The van der Waals surface area contributed by atoms with Crippen molar-refractivity contribution >= 4 is 6.21 Å². The van der Waals surface area contributed by atoms with Gasteiger partial charge in [0.1, 0.15) is 0 Å². The van der Waals surface area contributed by atoms with Crippen LogP contribution in [0.5, 0.6) is 0 Å². The number of rotatable bonds is 1. The van der Waals surface area contributed by atoms with Crippen LogP contribution < -0.4 is 5.84 Å². The molecule has 0 spiro atoms. The first-order valence-corrected chi connectivity index (χ1v) is 2.78. The highest BCUT2D eigenvalue weighted by atomic mass is 15.1. The van der Waals surface area contributed by atoms with Crippen molar-refractivity contribution in [1.82, 2.24) is 0 Å². The Morgan fingerprint density at radius 2 is 2.00 bits per heavy atom. The number of hydrogen-bond donors (Lipinski definition) is 1. The summed E-state index contributed by atoms with van der Waals surface area (Å²) >= 11 is 0. The molecule has 2 nitrogen and oxygen atoms in total. The van der Waals surface area contributed by atoms with Gasteiger partial charge in [0.15, 0.2) is 0 Å². The largest absolute Gasteiger partial charge is 0.324 e. The summed E-state index contributed by atoms with van der Waals surface area (Å²) in [6, 6.07) is 0. The topological polar surface area (TPSA) is 38.4 Å². The van der Waals surface area contributed by atoms with E-state index in [2.05, 4.69) is 25.9 Å². The molecular weight excluding hydrogens is 100 g/mol. The van der Waals surface area contributed by atoms with Gasteiger partial charge >= 0.3 is 0 Å². The van der Waals surface area contributed by atoms with Crippen LogP contribution in [0.15, 0.2) is 5.10 Å². The third-order valence-electron chi connectivity index (χ3n) is 0.809. The van der Waals surface area contributed by atoms with E-state index in [1.807, 2.05) is 0 Å². The van der Waals surface area contributed by atoms with Crippen LogP contribution in [0.1, 0.15) is 27.2 Å². The van der Waals surface area contributed by atoms with E-state index in [0.29, 0.717) is 5.41 Å². The molecular formula is C6H14N2. The normalized spacial score (nSPS) is 12.9. The molecule has 0 amide bonds. The lowest BCUT2D eigenvalue weighted by molar-refractivity contribution is 0.437. The highest BCUT2D eigenvalue weighted by Gasteiger charge is 2.06. The van der Waals surface area contributed by atoms with Gasteiger partial charge < -0.3 is 5.84 Å². The molecule has 0 aliphatic heterocycles. The van der Waals surface area contributed by atoms with E-state index in [1.54, 1.807) is 6.21 Å². The summed E-state index contributed by atoms with van der Waals surface area (Å²) < 4.78 is 0. The van der Waals surface area contributed by atoms with Gasteiger partial charge in [-0.2, -0.15) is 5.10 Å². The predicted octanol–water partition coefficient (Wildman–Crippen LogP) is 1.37. The van der Waals surface area contributed by atoms with Gasteiger partial charge in [-0.3, -0.25) is 0 Å². The molecule has 0 aliphatic rings. The van der Waals surface area contributed by atoms with Crippen molar-refractivity contribution in [1.29, 1.82) is 0 Å². The lowest BCUT2D eigenvalue weighted by Gasteiger charge is -2.13. The standard InChI is InChI=1S/C6H14N2/c1-6(2,3)4-5-8-7/h5H,4,7H2,1-3H3/b8-5-. The SMILES string of the molecule is CC(C)(C)C/C=N\N. The third-order valence-corrected chi connectivity index (χ3v) is 0.809. The van der Waals surface area contributed by atoms with E-state index in [1.165, 1.54) is 0 Å². The molecule has 0 aliphatic carbocycles. The van der Waals surface area contributed by atoms with E-state index in [0.717, 1.165) is 6.42 Å². The molecule has 0 atom stereocenters. The second-order valence-electron chi connectivity index (χ2n) is 3.10. The highest BCUT2D eigenvalue weighted by molar-refractivity contribution is 5.57. The Morgan fingerprint density at radius 1 is 1.50 bits per heavy atom. The van der Waals surface area contributed by atoms with Gasteiger partial charge in [0.25, 0.3) is 0 Å². The van der Waals surface area contributed by atoms with E-state index < -0.39 is 0 Å². The molecule has 0 aromatic heterocycles. The first kappa shape index (κ1) is 7.47. The summed E-state index contributed by atoms with van der Waals surface area (Å²) in [5.74, 6) is 4.91. The molecule has 0 saturated carbocycles. The second-order valence-corrected chi connectivity index (χ2v) is 3.10. The second kappa shape index (κ2) is 2.70. The van der Waals surface area contributed by atoms with Crippen molar-refractivity contribution in [3.8, 4) is 0 Å². The van der Waals surface area contributed by atoms with Crippen molar-refractivity contribution in [2.45, 2.75) is 27.2 Å². The van der Waals surface area contributed by atoms with Gasteiger partial charge in [-0.1, -0.05) is 20.8 Å². The minimum absolute atomic E-state index is 0.322. The smallest absolute Gasteiger partial charge is 0.0245 e. The summed E-state index contributed by atoms with van der Waals surface area (Å²) in [6.45, 7) is 6.44. The minimum atomic E-state index is 0.322. The number of nitrogens with zero attached hydrogens (tertiary/aromatic N) is 1.